The highest BCUT2D eigenvalue weighted by atomic mass is 32.1. The van der Waals surface area contributed by atoms with E-state index in [1.165, 1.54) is 4.88 Å². The van der Waals surface area contributed by atoms with E-state index in [-0.39, 0.29) is 5.54 Å². The molecule has 1 atom stereocenters. The molecule has 2 N–H and O–H groups in total. The molecule has 96 valence electrons. The van der Waals surface area contributed by atoms with Crippen molar-refractivity contribution in [2.45, 2.75) is 31.3 Å². The zero-order valence-corrected chi connectivity index (χ0v) is 11.3. The van der Waals surface area contributed by atoms with Crippen molar-refractivity contribution in [1.29, 1.82) is 0 Å². The fourth-order valence-electron chi connectivity index (χ4n) is 2.54. The van der Waals surface area contributed by atoms with E-state index < -0.39 is 0 Å². The van der Waals surface area contributed by atoms with Crippen LogP contribution in [0.15, 0.2) is 17.5 Å². The molecule has 1 aromatic rings. The van der Waals surface area contributed by atoms with Crippen molar-refractivity contribution in [3.63, 3.8) is 0 Å². The molecule has 0 radical (unpaired) electrons. The summed E-state index contributed by atoms with van der Waals surface area (Å²) in [6.45, 7) is 3.44. The minimum Gasteiger partial charge on any atom is -0.381 e. The summed E-state index contributed by atoms with van der Waals surface area (Å²) in [6.07, 6.45) is 3.31. The third kappa shape index (κ3) is 3.07. The molecule has 4 heteroatoms. The first-order valence-corrected chi connectivity index (χ1v) is 7.16. The Morgan fingerprint density at radius 2 is 2.35 bits per heavy atom. The number of hydrogen-bond donors (Lipinski definition) is 1. The summed E-state index contributed by atoms with van der Waals surface area (Å²) in [4.78, 5) is 3.83. The first kappa shape index (κ1) is 13.0. The van der Waals surface area contributed by atoms with Gasteiger partial charge in [-0.15, -0.1) is 11.3 Å². The van der Waals surface area contributed by atoms with Crippen LogP contribution >= 0.6 is 11.3 Å². The van der Waals surface area contributed by atoms with E-state index >= 15 is 0 Å². The predicted molar refractivity (Wildman–Crippen MR) is 72.2 cm³/mol. The van der Waals surface area contributed by atoms with E-state index in [9.17, 15) is 0 Å². The molecule has 3 nitrogen and oxygen atoms in total. The second-order valence-electron chi connectivity index (χ2n) is 4.83. The summed E-state index contributed by atoms with van der Waals surface area (Å²) in [6, 6.07) is 4.30. The molecule has 1 saturated heterocycles. The maximum absolute atomic E-state index is 6.04. The lowest BCUT2D eigenvalue weighted by molar-refractivity contribution is 0.0843. The quantitative estimate of drug-likeness (QED) is 0.894. The zero-order valence-electron chi connectivity index (χ0n) is 10.5. The number of thiophene rings is 1. The number of likely N-dealkylation sites (N-methyl/N-ethyl adjacent to an activating group) is 1. The minimum absolute atomic E-state index is 0.125. The summed E-state index contributed by atoms with van der Waals surface area (Å²) < 4.78 is 5.56. The molecular formula is C13H22N2OS. The zero-order chi connectivity index (χ0) is 12.1. The van der Waals surface area contributed by atoms with Gasteiger partial charge in [0.05, 0.1) is 0 Å². The molecule has 2 heterocycles. The average Bonchev–Trinajstić information content (AvgIpc) is 2.72. The first-order valence-electron chi connectivity index (χ1n) is 6.28. The predicted octanol–water partition coefficient (Wildman–Crippen LogP) is 2.08. The third-order valence-corrected chi connectivity index (χ3v) is 4.67. The molecule has 0 aromatic carbocycles. The molecular weight excluding hydrogens is 232 g/mol. The highest BCUT2D eigenvalue weighted by molar-refractivity contribution is 7.09. The second kappa shape index (κ2) is 5.96. The Labute approximate surface area is 108 Å². The van der Waals surface area contributed by atoms with Gasteiger partial charge in [0.15, 0.2) is 0 Å². The molecule has 0 spiro atoms. The van der Waals surface area contributed by atoms with Gasteiger partial charge in [-0.1, -0.05) is 6.07 Å². The van der Waals surface area contributed by atoms with Crippen molar-refractivity contribution in [3.05, 3.63) is 22.4 Å². The van der Waals surface area contributed by atoms with Gasteiger partial charge in [-0.3, -0.25) is 4.90 Å². The van der Waals surface area contributed by atoms with Crippen LogP contribution in [-0.2, 0) is 11.3 Å². The van der Waals surface area contributed by atoms with Crippen molar-refractivity contribution >= 4 is 11.3 Å². The van der Waals surface area contributed by atoms with Gasteiger partial charge in [-0.2, -0.15) is 0 Å². The number of ether oxygens (including phenoxy) is 1. The van der Waals surface area contributed by atoms with Gasteiger partial charge in [-0.05, 0) is 37.8 Å². The molecule has 1 aromatic heterocycles. The van der Waals surface area contributed by atoms with Crippen LogP contribution in [-0.4, -0.2) is 37.2 Å². The molecule has 17 heavy (non-hydrogen) atoms. The monoisotopic (exact) mass is 254 g/mol. The lowest BCUT2D eigenvalue weighted by Crippen LogP contribution is -2.51. The van der Waals surface area contributed by atoms with Gasteiger partial charge in [0, 0.05) is 36.7 Å². The Hall–Kier alpha value is -0.420. The molecule has 1 aliphatic heterocycles. The van der Waals surface area contributed by atoms with Crippen LogP contribution in [0, 0.1) is 0 Å². The highest BCUT2D eigenvalue weighted by Gasteiger charge is 2.33. The van der Waals surface area contributed by atoms with E-state index in [2.05, 4.69) is 29.5 Å². The molecule has 0 amide bonds. The summed E-state index contributed by atoms with van der Waals surface area (Å²) in [5.74, 6) is 0. The summed E-state index contributed by atoms with van der Waals surface area (Å²) >= 11 is 1.82. The fraction of sp³-hybridized carbons (Fsp3) is 0.692. The summed E-state index contributed by atoms with van der Waals surface area (Å²) in [7, 11) is 2.19. The van der Waals surface area contributed by atoms with Gasteiger partial charge in [0.1, 0.15) is 0 Å². The summed E-state index contributed by atoms with van der Waals surface area (Å²) in [5.41, 5.74) is 6.17. The van der Waals surface area contributed by atoms with Crippen molar-refractivity contribution < 1.29 is 4.74 Å². The van der Waals surface area contributed by atoms with E-state index in [1.807, 2.05) is 11.3 Å². The highest BCUT2D eigenvalue weighted by Crippen LogP contribution is 2.28. The van der Waals surface area contributed by atoms with Gasteiger partial charge >= 0.3 is 0 Å². The van der Waals surface area contributed by atoms with Crippen LogP contribution in [0.3, 0.4) is 0 Å². The number of nitrogens with zero attached hydrogens (tertiary/aromatic N) is 1. The number of rotatable bonds is 4. The van der Waals surface area contributed by atoms with Crippen molar-refractivity contribution in [3.8, 4) is 0 Å². The molecule has 1 fully saturated rings. The smallest absolute Gasteiger partial charge is 0.0484 e. The Balaban J connectivity index is 2.04. The van der Waals surface area contributed by atoms with Crippen LogP contribution < -0.4 is 5.73 Å². The van der Waals surface area contributed by atoms with Crippen LogP contribution in [0.2, 0.25) is 0 Å². The van der Waals surface area contributed by atoms with Gasteiger partial charge < -0.3 is 10.5 Å². The lowest BCUT2D eigenvalue weighted by atomic mass is 9.89. The van der Waals surface area contributed by atoms with E-state index in [1.54, 1.807) is 0 Å². The lowest BCUT2D eigenvalue weighted by Gasteiger charge is -2.40. The number of hydrogen-bond acceptors (Lipinski definition) is 4. The molecule has 0 bridgehead atoms. The summed E-state index contributed by atoms with van der Waals surface area (Å²) in [5, 5.41) is 2.13. The molecule has 1 aliphatic rings. The molecule has 0 aliphatic carbocycles. The second-order valence-corrected chi connectivity index (χ2v) is 5.86. The van der Waals surface area contributed by atoms with Crippen LogP contribution in [0.1, 0.15) is 24.1 Å². The minimum atomic E-state index is 0.125. The molecule has 2 rings (SSSR count). The van der Waals surface area contributed by atoms with E-state index in [0.29, 0.717) is 0 Å². The van der Waals surface area contributed by atoms with Crippen LogP contribution in [0.5, 0.6) is 0 Å². The molecule has 0 saturated carbocycles. The van der Waals surface area contributed by atoms with E-state index in [0.717, 1.165) is 45.6 Å². The van der Waals surface area contributed by atoms with Crippen LogP contribution in [0.25, 0.3) is 0 Å². The topological polar surface area (TPSA) is 38.5 Å². The normalized spacial score (nSPS) is 26.1. The maximum atomic E-state index is 6.04. The Kier molecular flexibility index (Phi) is 4.56. The largest absolute Gasteiger partial charge is 0.381 e. The van der Waals surface area contributed by atoms with E-state index in [4.69, 9.17) is 10.5 Å². The Morgan fingerprint density at radius 1 is 1.47 bits per heavy atom. The SMILES string of the molecule is CN(Cc1cccs1)C1(CN)CCCOCC1. The standard InChI is InChI=1S/C13H22N2OS/c1-15(10-12-4-2-9-17-12)13(11-14)5-3-7-16-8-6-13/h2,4,9H,3,5-8,10-11,14H2,1H3. The molecule has 1 unspecified atom stereocenters. The number of nitrogens with two attached hydrogens (primary N) is 1. The van der Waals surface area contributed by atoms with Crippen LogP contribution in [0.4, 0.5) is 0 Å². The van der Waals surface area contributed by atoms with Crippen molar-refractivity contribution in [1.82, 2.24) is 4.90 Å². The fourth-order valence-corrected chi connectivity index (χ4v) is 3.30. The van der Waals surface area contributed by atoms with Crippen molar-refractivity contribution in [2.24, 2.45) is 5.73 Å². The van der Waals surface area contributed by atoms with Gasteiger partial charge in [-0.25, -0.2) is 0 Å². The van der Waals surface area contributed by atoms with Gasteiger partial charge in [0.2, 0.25) is 0 Å². The Bertz CT molecular complexity index is 318. The van der Waals surface area contributed by atoms with Crippen molar-refractivity contribution in [2.75, 3.05) is 26.8 Å². The van der Waals surface area contributed by atoms with Gasteiger partial charge in [0.25, 0.3) is 0 Å². The maximum Gasteiger partial charge on any atom is 0.0484 e. The average molecular weight is 254 g/mol. The Morgan fingerprint density at radius 3 is 3.06 bits per heavy atom. The third-order valence-electron chi connectivity index (χ3n) is 3.81. The first-order chi connectivity index (χ1) is 8.27.